The van der Waals surface area contributed by atoms with Gasteiger partial charge in [-0.05, 0) is 29.9 Å². The summed E-state index contributed by atoms with van der Waals surface area (Å²) in [5.74, 6) is 0.179. The van der Waals surface area contributed by atoms with Gasteiger partial charge in [0.05, 0.1) is 4.88 Å². The van der Waals surface area contributed by atoms with Gasteiger partial charge in [-0.15, -0.1) is 11.3 Å². The van der Waals surface area contributed by atoms with Gasteiger partial charge in [-0.2, -0.15) is 4.57 Å². The van der Waals surface area contributed by atoms with Gasteiger partial charge in [0.2, 0.25) is 12.3 Å². The van der Waals surface area contributed by atoms with E-state index in [1.165, 1.54) is 36.2 Å². The lowest BCUT2D eigenvalue weighted by atomic mass is 10.1. The summed E-state index contributed by atoms with van der Waals surface area (Å²) in [5.41, 5.74) is 1.35. The van der Waals surface area contributed by atoms with Gasteiger partial charge in [-0.25, -0.2) is 0 Å². The molecule has 20 heavy (non-hydrogen) atoms. The standard InChI is InChI=1S/C16H20NOS.HI/c1-2-3-4-6-14-8-10-17(11-9-14)13-15(18)16-7-5-12-19-16;/h5,7-12H,2-4,6,13H2,1H3;1H/q+1;/p-1. The maximum atomic E-state index is 12.0. The second-order valence-electron chi connectivity index (χ2n) is 4.74. The van der Waals surface area contributed by atoms with Crippen LogP contribution >= 0.6 is 11.3 Å². The van der Waals surface area contributed by atoms with Crippen molar-refractivity contribution in [1.29, 1.82) is 0 Å². The minimum absolute atomic E-state index is 0. The van der Waals surface area contributed by atoms with Crippen molar-refractivity contribution in [3.8, 4) is 0 Å². The van der Waals surface area contributed by atoms with Crippen LogP contribution in [0.2, 0.25) is 0 Å². The zero-order valence-corrected chi connectivity index (χ0v) is 14.7. The van der Waals surface area contributed by atoms with Gasteiger partial charge in [0.15, 0.2) is 12.4 Å². The van der Waals surface area contributed by atoms with Gasteiger partial charge < -0.3 is 24.0 Å². The number of thiophene rings is 1. The summed E-state index contributed by atoms with van der Waals surface area (Å²) >= 11 is 1.50. The molecular formula is C16H20INOS. The molecule has 0 radical (unpaired) electrons. The minimum Gasteiger partial charge on any atom is -1.00 e. The third-order valence-electron chi connectivity index (χ3n) is 3.15. The molecule has 2 aromatic rings. The summed E-state index contributed by atoms with van der Waals surface area (Å²) in [6.45, 7) is 2.64. The molecule has 2 rings (SSSR count). The lowest BCUT2D eigenvalue weighted by Gasteiger charge is -2.00. The number of hydrogen-bond donors (Lipinski definition) is 0. The lowest BCUT2D eigenvalue weighted by Crippen LogP contribution is -3.00. The molecule has 0 saturated carbocycles. The molecule has 2 aromatic heterocycles. The van der Waals surface area contributed by atoms with E-state index in [9.17, 15) is 4.79 Å². The SMILES string of the molecule is CCCCCc1cc[n+](CC(=O)c2cccs2)cc1.[I-]. The Bertz CT molecular complexity index is 508. The summed E-state index contributed by atoms with van der Waals surface area (Å²) in [7, 11) is 0. The van der Waals surface area contributed by atoms with Crippen LogP contribution in [0.3, 0.4) is 0 Å². The Labute approximate surface area is 141 Å². The Hall–Kier alpha value is -0.750. The number of pyridine rings is 1. The molecule has 0 N–H and O–H groups in total. The van der Waals surface area contributed by atoms with Crippen molar-refractivity contribution >= 4 is 17.1 Å². The number of aromatic nitrogens is 1. The summed E-state index contributed by atoms with van der Waals surface area (Å²) in [5, 5.41) is 1.94. The first kappa shape index (κ1) is 17.3. The summed E-state index contributed by atoms with van der Waals surface area (Å²) in [6, 6.07) is 8.04. The van der Waals surface area contributed by atoms with Gasteiger partial charge in [0.25, 0.3) is 0 Å². The van der Waals surface area contributed by atoms with Crippen LogP contribution in [0.5, 0.6) is 0 Å². The second kappa shape index (κ2) is 9.23. The van der Waals surface area contributed by atoms with Crippen LogP contribution in [0, 0.1) is 0 Å². The van der Waals surface area contributed by atoms with E-state index in [1.54, 1.807) is 0 Å². The van der Waals surface area contributed by atoms with E-state index in [2.05, 4.69) is 19.1 Å². The van der Waals surface area contributed by atoms with Crippen LogP contribution in [0.1, 0.15) is 41.4 Å². The molecule has 0 amide bonds. The number of aryl methyl sites for hydroxylation is 1. The van der Waals surface area contributed by atoms with Gasteiger partial charge in [0.1, 0.15) is 0 Å². The molecule has 2 nitrogen and oxygen atoms in total. The van der Waals surface area contributed by atoms with Crippen LogP contribution in [0.15, 0.2) is 42.0 Å². The predicted octanol–water partition coefficient (Wildman–Crippen LogP) is 0.655. The smallest absolute Gasteiger partial charge is 0.237 e. The van der Waals surface area contributed by atoms with E-state index in [0.717, 1.165) is 11.3 Å². The number of unbranched alkanes of at least 4 members (excludes halogenated alkanes) is 2. The molecule has 0 unspecified atom stereocenters. The van der Waals surface area contributed by atoms with Crippen molar-refractivity contribution in [2.24, 2.45) is 0 Å². The maximum Gasteiger partial charge on any atom is 0.237 e. The van der Waals surface area contributed by atoms with Crippen molar-refractivity contribution < 1.29 is 33.3 Å². The molecule has 0 saturated heterocycles. The third kappa shape index (κ3) is 5.32. The molecule has 0 spiro atoms. The first-order chi connectivity index (χ1) is 9.29. The van der Waals surface area contributed by atoms with E-state index in [-0.39, 0.29) is 29.8 Å². The van der Waals surface area contributed by atoms with Gasteiger partial charge in [0, 0.05) is 12.1 Å². The van der Waals surface area contributed by atoms with E-state index < -0.39 is 0 Å². The molecule has 108 valence electrons. The average Bonchev–Trinajstić information content (AvgIpc) is 2.95. The number of halogens is 1. The Morgan fingerprint density at radius 1 is 1.20 bits per heavy atom. The number of hydrogen-bond acceptors (Lipinski definition) is 2. The Morgan fingerprint density at radius 2 is 1.95 bits per heavy atom. The van der Waals surface area contributed by atoms with Crippen molar-refractivity contribution in [2.45, 2.75) is 39.2 Å². The highest BCUT2D eigenvalue weighted by molar-refractivity contribution is 7.12. The number of Topliss-reactive ketones (excluding diaryl/α,β-unsaturated/α-hetero) is 1. The molecule has 4 heteroatoms. The van der Waals surface area contributed by atoms with E-state index in [4.69, 9.17) is 0 Å². The quantitative estimate of drug-likeness (QED) is 0.289. The molecule has 0 atom stereocenters. The van der Waals surface area contributed by atoms with Gasteiger partial charge >= 0.3 is 0 Å². The highest BCUT2D eigenvalue weighted by Gasteiger charge is 2.12. The first-order valence-corrected chi connectivity index (χ1v) is 7.72. The zero-order chi connectivity index (χ0) is 13.5. The largest absolute Gasteiger partial charge is 1.00 e. The lowest BCUT2D eigenvalue weighted by molar-refractivity contribution is -0.683. The monoisotopic (exact) mass is 401 g/mol. The Balaban J connectivity index is 0.00000200. The molecule has 0 fully saturated rings. The number of rotatable bonds is 7. The summed E-state index contributed by atoms with van der Waals surface area (Å²) in [4.78, 5) is 12.8. The normalized spacial score (nSPS) is 10.1. The fourth-order valence-electron chi connectivity index (χ4n) is 2.02. The molecule has 2 heterocycles. The van der Waals surface area contributed by atoms with E-state index in [0.29, 0.717) is 6.54 Å². The molecule has 0 aromatic carbocycles. The highest BCUT2D eigenvalue weighted by atomic mass is 127. The topological polar surface area (TPSA) is 20.9 Å². The van der Waals surface area contributed by atoms with Crippen LogP contribution in [0.4, 0.5) is 0 Å². The van der Waals surface area contributed by atoms with Crippen LogP contribution in [0.25, 0.3) is 0 Å². The fraction of sp³-hybridized carbons (Fsp3) is 0.375. The third-order valence-corrected chi connectivity index (χ3v) is 4.06. The van der Waals surface area contributed by atoms with Crippen LogP contribution < -0.4 is 28.5 Å². The van der Waals surface area contributed by atoms with Crippen LogP contribution in [-0.2, 0) is 13.0 Å². The van der Waals surface area contributed by atoms with Crippen molar-refractivity contribution in [3.05, 3.63) is 52.5 Å². The second-order valence-corrected chi connectivity index (χ2v) is 5.68. The fourth-order valence-corrected chi connectivity index (χ4v) is 2.68. The predicted molar refractivity (Wildman–Crippen MR) is 78.5 cm³/mol. The molecule has 0 aliphatic heterocycles. The summed E-state index contributed by atoms with van der Waals surface area (Å²) < 4.78 is 1.95. The Morgan fingerprint density at radius 3 is 2.55 bits per heavy atom. The minimum atomic E-state index is 0. The van der Waals surface area contributed by atoms with Crippen molar-refractivity contribution in [1.82, 2.24) is 0 Å². The number of ketones is 1. The van der Waals surface area contributed by atoms with Gasteiger partial charge in [-0.1, -0.05) is 25.8 Å². The number of nitrogens with zero attached hydrogens (tertiary/aromatic N) is 1. The maximum absolute atomic E-state index is 12.0. The number of carbonyl (C=O) groups is 1. The first-order valence-electron chi connectivity index (χ1n) is 6.84. The molecule has 0 bridgehead atoms. The van der Waals surface area contributed by atoms with Gasteiger partial charge in [-0.3, -0.25) is 4.79 Å². The van der Waals surface area contributed by atoms with Crippen molar-refractivity contribution in [2.75, 3.05) is 0 Å². The average molecular weight is 401 g/mol. The summed E-state index contributed by atoms with van der Waals surface area (Å²) in [6.07, 6.45) is 8.93. The van der Waals surface area contributed by atoms with E-state index >= 15 is 0 Å². The Kier molecular flexibility index (Phi) is 7.99. The molecule has 0 aliphatic carbocycles. The van der Waals surface area contributed by atoms with Crippen molar-refractivity contribution in [3.63, 3.8) is 0 Å². The molecule has 0 aliphatic rings. The van der Waals surface area contributed by atoms with Crippen LogP contribution in [-0.4, -0.2) is 5.78 Å². The number of carbonyl (C=O) groups excluding carboxylic acids is 1. The zero-order valence-electron chi connectivity index (χ0n) is 11.7. The highest BCUT2D eigenvalue weighted by Crippen LogP contribution is 2.09. The van der Waals surface area contributed by atoms with E-state index in [1.807, 2.05) is 34.5 Å². The molecular weight excluding hydrogens is 381 g/mol.